The first-order valence-electron chi connectivity index (χ1n) is 8.36. The van der Waals surface area contributed by atoms with Gasteiger partial charge in [0.25, 0.3) is 0 Å². The molecule has 1 amide bonds. The minimum atomic E-state index is -0.246. The summed E-state index contributed by atoms with van der Waals surface area (Å²) in [5.74, 6) is -0.171. The molecule has 0 radical (unpaired) electrons. The van der Waals surface area contributed by atoms with E-state index in [4.69, 9.17) is 4.74 Å². The van der Waals surface area contributed by atoms with Gasteiger partial charge in [0.15, 0.2) is 0 Å². The Hall–Kier alpha value is -1.10. The van der Waals surface area contributed by atoms with Crippen molar-refractivity contribution >= 4 is 11.9 Å². The molecule has 0 bridgehead atoms. The van der Waals surface area contributed by atoms with Crippen molar-refractivity contribution in [3.8, 4) is 0 Å². The Bertz CT molecular complexity index is 321. The number of nitrogens with zero attached hydrogens (tertiary/aromatic N) is 1. The Morgan fingerprint density at radius 1 is 1.19 bits per heavy atom. The van der Waals surface area contributed by atoms with Gasteiger partial charge in [0.2, 0.25) is 5.91 Å². The molecular formula is C16H30N2O3. The number of nitrogens with one attached hydrogen (secondary N) is 1. The van der Waals surface area contributed by atoms with Crippen molar-refractivity contribution in [3.63, 3.8) is 0 Å². The highest BCUT2D eigenvalue weighted by Crippen LogP contribution is 2.17. The van der Waals surface area contributed by atoms with Crippen molar-refractivity contribution in [1.82, 2.24) is 10.2 Å². The van der Waals surface area contributed by atoms with E-state index in [1.165, 1.54) is 12.8 Å². The van der Waals surface area contributed by atoms with E-state index in [9.17, 15) is 9.59 Å². The van der Waals surface area contributed by atoms with Crippen LogP contribution in [0.2, 0.25) is 0 Å². The molecule has 1 unspecified atom stereocenters. The number of likely N-dealkylation sites (tertiary alicyclic amines) is 1. The van der Waals surface area contributed by atoms with Crippen molar-refractivity contribution in [1.29, 1.82) is 0 Å². The summed E-state index contributed by atoms with van der Waals surface area (Å²) in [6.45, 7) is 6.21. The zero-order chi connectivity index (χ0) is 15.5. The van der Waals surface area contributed by atoms with Crippen LogP contribution in [-0.4, -0.2) is 49.1 Å². The van der Waals surface area contributed by atoms with Crippen molar-refractivity contribution in [2.75, 3.05) is 26.2 Å². The van der Waals surface area contributed by atoms with Crippen LogP contribution in [0.15, 0.2) is 0 Å². The second-order valence-electron chi connectivity index (χ2n) is 5.64. The highest BCUT2D eigenvalue weighted by molar-refractivity contribution is 5.80. The van der Waals surface area contributed by atoms with E-state index in [0.717, 1.165) is 45.2 Å². The van der Waals surface area contributed by atoms with E-state index < -0.39 is 0 Å². The quantitative estimate of drug-likeness (QED) is 0.523. The summed E-state index contributed by atoms with van der Waals surface area (Å²) in [6.07, 6.45) is 7.46. The smallest absolute Gasteiger partial charge is 0.323 e. The average molecular weight is 298 g/mol. The molecule has 1 saturated heterocycles. The summed E-state index contributed by atoms with van der Waals surface area (Å²) in [6, 6.07) is -0.246. The molecule has 21 heavy (non-hydrogen) atoms. The van der Waals surface area contributed by atoms with E-state index in [2.05, 4.69) is 12.2 Å². The molecular weight excluding hydrogens is 268 g/mol. The molecule has 1 heterocycles. The molecule has 1 aliphatic rings. The third kappa shape index (κ3) is 6.93. The number of unbranched alkanes of at least 4 members (excludes halogenated alkanes) is 3. The number of rotatable bonds is 9. The molecule has 5 nitrogen and oxygen atoms in total. The largest absolute Gasteiger partial charge is 0.465 e. The van der Waals surface area contributed by atoms with Crippen molar-refractivity contribution in [2.24, 2.45) is 0 Å². The second-order valence-corrected chi connectivity index (χ2v) is 5.64. The van der Waals surface area contributed by atoms with Crippen LogP contribution in [0, 0.1) is 0 Å². The number of ether oxygens (including phenoxy) is 1. The number of hydrogen-bond donors (Lipinski definition) is 1. The number of esters is 1. The molecule has 0 aromatic heterocycles. The van der Waals surface area contributed by atoms with Gasteiger partial charge in [-0.3, -0.25) is 14.5 Å². The molecule has 1 atom stereocenters. The van der Waals surface area contributed by atoms with Gasteiger partial charge >= 0.3 is 5.97 Å². The lowest BCUT2D eigenvalue weighted by molar-refractivity contribution is -0.151. The van der Waals surface area contributed by atoms with Gasteiger partial charge in [0, 0.05) is 6.54 Å². The fourth-order valence-corrected chi connectivity index (χ4v) is 2.71. The van der Waals surface area contributed by atoms with Gasteiger partial charge in [-0.1, -0.05) is 32.6 Å². The molecule has 5 heteroatoms. The number of carbonyl (C=O) groups is 2. The molecule has 0 saturated carbocycles. The van der Waals surface area contributed by atoms with Crippen LogP contribution < -0.4 is 5.32 Å². The minimum absolute atomic E-state index is 0.0164. The fourth-order valence-electron chi connectivity index (χ4n) is 2.71. The van der Waals surface area contributed by atoms with Crippen molar-refractivity contribution in [3.05, 3.63) is 0 Å². The van der Waals surface area contributed by atoms with Gasteiger partial charge in [-0.2, -0.15) is 0 Å². The highest BCUT2D eigenvalue weighted by atomic mass is 16.5. The van der Waals surface area contributed by atoms with Crippen LogP contribution in [0.5, 0.6) is 0 Å². The van der Waals surface area contributed by atoms with Crippen molar-refractivity contribution < 1.29 is 14.3 Å². The van der Waals surface area contributed by atoms with Gasteiger partial charge in [0.1, 0.15) is 6.04 Å². The lowest BCUT2D eigenvalue weighted by atomic mass is 10.0. The Kier molecular flexibility index (Phi) is 9.06. The second kappa shape index (κ2) is 10.6. The SMILES string of the molecule is CCCCCCNC(=O)CN1CCCCC1C(=O)OCC. The lowest BCUT2D eigenvalue weighted by Gasteiger charge is -2.33. The molecule has 0 aliphatic carbocycles. The third-order valence-electron chi connectivity index (χ3n) is 3.87. The normalized spacial score (nSPS) is 19.2. The number of amides is 1. The van der Waals surface area contributed by atoms with E-state index >= 15 is 0 Å². The zero-order valence-electron chi connectivity index (χ0n) is 13.5. The van der Waals surface area contributed by atoms with Crippen LogP contribution in [0.1, 0.15) is 58.8 Å². The molecule has 0 spiro atoms. The molecule has 0 aromatic rings. The topological polar surface area (TPSA) is 58.6 Å². The average Bonchev–Trinajstić information content (AvgIpc) is 2.48. The number of piperidine rings is 1. The molecule has 0 aromatic carbocycles. The van der Waals surface area contributed by atoms with Gasteiger partial charge in [-0.15, -0.1) is 0 Å². The predicted octanol–water partition coefficient (Wildman–Crippen LogP) is 2.10. The summed E-state index contributed by atoms with van der Waals surface area (Å²) >= 11 is 0. The minimum Gasteiger partial charge on any atom is -0.465 e. The summed E-state index contributed by atoms with van der Waals surface area (Å²) in [5.41, 5.74) is 0. The van der Waals surface area contributed by atoms with E-state index in [1.54, 1.807) is 0 Å². The van der Waals surface area contributed by atoms with Crippen molar-refractivity contribution in [2.45, 2.75) is 64.8 Å². The highest BCUT2D eigenvalue weighted by Gasteiger charge is 2.30. The van der Waals surface area contributed by atoms with Crippen LogP contribution in [0.3, 0.4) is 0 Å². The van der Waals surface area contributed by atoms with E-state index in [-0.39, 0.29) is 17.9 Å². The van der Waals surface area contributed by atoms with Gasteiger partial charge < -0.3 is 10.1 Å². The zero-order valence-corrected chi connectivity index (χ0v) is 13.5. The standard InChI is InChI=1S/C16H30N2O3/c1-3-5-6-8-11-17-15(19)13-18-12-9-7-10-14(18)16(20)21-4-2/h14H,3-13H2,1-2H3,(H,17,19). The molecule has 122 valence electrons. The Morgan fingerprint density at radius 2 is 2.00 bits per heavy atom. The fraction of sp³-hybridized carbons (Fsp3) is 0.875. The Labute approximate surface area is 128 Å². The first kappa shape index (κ1) is 18.0. The maximum atomic E-state index is 12.0. The van der Waals surface area contributed by atoms with E-state index in [0.29, 0.717) is 13.2 Å². The predicted molar refractivity (Wildman–Crippen MR) is 83.0 cm³/mol. The number of hydrogen-bond acceptors (Lipinski definition) is 4. The monoisotopic (exact) mass is 298 g/mol. The molecule has 1 fully saturated rings. The Balaban J connectivity index is 2.32. The van der Waals surface area contributed by atoms with Crippen LogP contribution in [0.4, 0.5) is 0 Å². The maximum absolute atomic E-state index is 12.0. The van der Waals surface area contributed by atoms with E-state index in [1.807, 2.05) is 11.8 Å². The molecule has 1 aliphatic heterocycles. The summed E-state index contributed by atoms with van der Waals surface area (Å²) in [4.78, 5) is 25.9. The molecule has 1 rings (SSSR count). The van der Waals surface area contributed by atoms with Crippen LogP contribution >= 0.6 is 0 Å². The first-order valence-corrected chi connectivity index (χ1v) is 8.36. The summed E-state index contributed by atoms with van der Waals surface area (Å²) in [5, 5.41) is 2.95. The summed E-state index contributed by atoms with van der Waals surface area (Å²) < 4.78 is 5.11. The third-order valence-corrected chi connectivity index (χ3v) is 3.87. The van der Waals surface area contributed by atoms with Crippen LogP contribution in [-0.2, 0) is 14.3 Å². The Morgan fingerprint density at radius 3 is 2.71 bits per heavy atom. The maximum Gasteiger partial charge on any atom is 0.323 e. The van der Waals surface area contributed by atoms with Gasteiger partial charge in [0.05, 0.1) is 13.2 Å². The first-order chi connectivity index (χ1) is 10.2. The molecule has 1 N–H and O–H groups in total. The van der Waals surface area contributed by atoms with Gasteiger partial charge in [-0.05, 0) is 32.7 Å². The summed E-state index contributed by atoms with van der Waals surface area (Å²) in [7, 11) is 0. The number of carbonyl (C=O) groups excluding carboxylic acids is 2. The van der Waals surface area contributed by atoms with Gasteiger partial charge in [-0.25, -0.2) is 0 Å². The van der Waals surface area contributed by atoms with Crippen LogP contribution in [0.25, 0.3) is 0 Å². The lowest BCUT2D eigenvalue weighted by Crippen LogP contribution is -2.49.